The number of nitrogens with two attached hydrogens (primary N) is 1. The molecule has 2 heterocycles. The molecule has 0 amide bonds. The lowest BCUT2D eigenvalue weighted by Gasteiger charge is -2.02. The molecular formula is C15H15N3S. The Morgan fingerprint density at radius 3 is 2.63 bits per heavy atom. The summed E-state index contributed by atoms with van der Waals surface area (Å²) in [5, 5.41) is 4.60. The van der Waals surface area contributed by atoms with Gasteiger partial charge in [-0.1, -0.05) is 25.1 Å². The summed E-state index contributed by atoms with van der Waals surface area (Å²) >= 11 is 1.77. The van der Waals surface area contributed by atoms with E-state index < -0.39 is 0 Å². The van der Waals surface area contributed by atoms with Crippen molar-refractivity contribution in [3.63, 3.8) is 0 Å². The highest BCUT2D eigenvalue weighted by Gasteiger charge is 2.10. The van der Waals surface area contributed by atoms with Gasteiger partial charge < -0.3 is 5.73 Å². The fourth-order valence-corrected chi connectivity index (χ4v) is 2.90. The quantitative estimate of drug-likeness (QED) is 0.787. The molecular weight excluding hydrogens is 254 g/mol. The Morgan fingerprint density at radius 2 is 1.95 bits per heavy atom. The average molecular weight is 269 g/mol. The van der Waals surface area contributed by atoms with Crippen molar-refractivity contribution in [2.45, 2.75) is 13.3 Å². The monoisotopic (exact) mass is 269 g/mol. The third-order valence-electron chi connectivity index (χ3n) is 3.00. The van der Waals surface area contributed by atoms with Gasteiger partial charge in [0.05, 0.1) is 10.6 Å². The van der Waals surface area contributed by atoms with Gasteiger partial charge >= 0.3 is 0 Å². The number of anilines is 1. The Kier molecular flexibility index (Phi) is 3.09. The SMILES string of the molecule is CCc1ccc(-c2cc(N)n(-c3ccccc3)n2)s1. The number of benzene rings is 1. The van der Waals surface area contributed by atoms with Gasteiger partial charge in [-0.2, -0.15) is 5.10 Å². The minimum Gasteiger partial charge on any atom is -0.384 e. The Labute approximate surface area is 116 Å². The number of thiophene rings is 1. The van der Waals surface area contributed by atoms with Crippen molar-refractivity contribution < 1.29 is 0 Å². The molecule has 0 spiro atoms. The van der Waals surface area contributed by atoms with Crippen molar-refractivity contribution in [3.8, 4) is 16.3 Å². The summed E-state index contributed by atoms with van der Waals surface area (Å²) in [6.07, 6.45) is 1.06. The maximum atomic E-state index is 6.06. The van der Waals surface area contributed by atoms with Crippen molar-refractivity contribution in [2.24, 2.45) is 0 Å². The second kappa shape index (κ2) is 4.90. The summed E-state index contributed by atoms with van der Waals surface area (Å²) in [5.74, 6) is 0.660. The minimum absolute atomic E-state index is 0.660. The molecule has 3 aromatic rings. The first-order chi connectivity index (χ1) is 9.28. The number of aryl methyl sites for hydroxylation is 1. The van der Waals surface area contributed by atoms with E-state index in [0.717, 1.165) is 17.8 Å². The van der Waals surface area contributed by atoms with E-state index in [-0.39, 0.29) is 0 Å². The van der Waals surface area contributed by atoms with E-state index >= 15 is 0 Å². The molecule has 2 N–H and O–H groups in total. The van der Waals surface area contributed by atoms with Gasteiger partial charge in [-0.25, -0.2) is 4.68 Å². The van der Waals surface area contributed by atoms with Crippen LogP contribution in [0.5, 0.6) is 0 Å². The predicted octanol–water partition coefficient (Wildman–Crippen LogP) is 3.75. The average Bonchev–Trinajstić information content (AvgIpc) is 3.06. The maximum Gasteiger partial charge on any atom is 0.127 e. The first-order valence-corrected chi connectivity index (χ1v) is 7.09. The van der Waals surface area contributed by atoms with Crippen LogP contribution in [0.3, 0.4) is 0 Å². The lowest BCUT2D eigenvalue weighted by atomic mass is 10.3. The van der Waals surface area contributed by atoms with Gasteiger partial charge in [0.1, 0.15) is 11.5 Å². The molecule has 2 aromatic heterocycles. The molecule has 0 aliphatic carbocycles. The summed E-state index contributed by atoms with van der Waals surface area (Å²) in [6, 6.07) is 16.1. The van der Waals surface area contributed by atoms with Crippen molar-refractivity contribution in [2.75, 3.05) is 5.73 Å². The van der Waals surface area contributed by atoms with Crippen LogP contribution < -0.4 is 5.73 Å². The van der Waals surface area contributed by atoms with Crippen LogP contribution in [0.2, 0.25) is 0 Å². The Hall–Kier alpha value is -2.07. The third-order valence-corrected chi connectivity index (χ3v) is 4.25. The standard InChI is InChI=1S/C15H15N3S/c1-2-12-8-9-14(19-12)13-10-15(16)18(17-13)11-6-4-3-5-7-11/h3-10H,2,16H2,1H3. The number of hydrogen-bond acceptors (Lipinski definition) is 3. The van der Waals surface area contributed by atoms with Crippen LogP contribution in [0.4, 0.5) is 5.82 Å². The van der Waals surface area contributed by atoms with Crippen LogP contribution in [0.15, 0.2) is 48.5 Å². The molecule has 0 unspecified atom stereocenters. The molecule has 19 heavy (non-hydrogen) atoms. The summed E-state index contributed by atoms with van der Waals surface area (Å²) in [5.41, 5.74) is 7.98. The van der Waals surface area contributed by atoms with Gasteiger partial charge in [-0.3, -0.25) is 0 Å². The molecule has 0 fully saturated rings. The van der Waals surface area contributed by atoms with Crippen LogP contribution in [0.1, 0.15) is 11.8 Å². The summed E-state index contributed by atoms with van der Waals surface area (Å²) in [4.78, 5) is 2.53. The fourth-order valence-electron chi connectivity index (χ4n) is 2.00. The number of aromatic nitrogens is 2. The molecule has 0 saturated heterocycles. The van der Waals surface area contributed by atoms with Gasteiger partial charge in [-0.05, 0) is 30.7 Å². The molecule has 0 saturated carbocycles. The summed E-state index contributed by atoms with van der Waals surface area (Å²) in [7, 11) is 0. The lowest BCUT2D eigenvalue weighted by molar-refractivity contribution is 0.896. The van der Waals surface area contributed by atoms with Crippen LogP contribution in [-0.4, -0.2) is 9.78 Å². The fraction of sp³-hybridized carbons (Fsp3) is 0.133. The molecule has 4 heteroatoms. The van der Waals surface area contributed by atoms with Crippen LogP contribution >= 0.6 is 11.3 Å². The van der Waals surface area contributed by atoms with Gasteiger partial charge in [0.2, 0.25) is 0 Å². The van der Waals surface area contributed by atoms with Gasteiger partial charge in [-0.15, -0.1) is 11.3 Å². The molecule has 96 valence electrons. The molecule has 0 aliphatic heterocycles. The zero-order chi connectivity index (χ0) is 13.2. The largest absolute Gasteiger partial charge is 0.384 e. The smallest absolute Gasteiger partial charge is 0.127 e. The van der Waals surface area contributed by atoms with Crippen molar-refractivity contribution in [1.29, 1.82) is 0 Å². The molecule has 0 bridgehead atoms. The Bertz CT molecular complexity index is 682. The highest BCUT2D eigenvalue weighted by Crippen LogP contribution is 2.29. The second-order valence-electron chi connectivity index (χ2n) is 4.32. The van der Waals surface area contributed by atoms with Crippen LogP contribution in [0, 0.1) is 0 Å². The van der Waals surface area contributed by atoms with Crippen molar-refractivity contribution >= 4 is 17.2 Å². The van der Waals surface area contributed by atoms with E-state index in [1.54, 1.807) is 16.0 Å². The highest BCUT2D eigenvalue weighted by atomic mass is 32.1. The number of nitrogens with zero attached hydrogens (tertiary/aromatic N) is 2. The van der Waals surface area contributed by atoms with Crippen molar-refractivity contribution in [3.05, 3.63) is 53.4 Å². The number of para-hydroxylation sites is 1. The normalized spacial score (nSPS) is 10.8. The van der Waals surface area contributed by atoms with E-state index in [1.807, 2.05) is 36.4 Å². The summed E-state index contributed by atoms with van der Waals surface area (Å²) in [6.45, 7) is 2.16. The predicted molar refractivity (Wildman–Crippen MR) is 80.7 cm³/mol. The molecule has 0 atom stereocenters. The zero-order valence-corrected chi connectivity index (χ0v) is 11.5. The highest BCUT2D eigenvalue weighted by molar-refractivity contribution is 7.15. The van der Waals surface area contributed by atoms with E-state index in [4.69, 9.17) is 5.73 Å². The zero-order valence-electron chi connectivity index (χ0n) is 10.7. The number of hydrogen-bond donors (Lipinski definition) is 1. The van der Waals surface area contributed by atoms with Gasteiger partial charge in [0, 0.05) is 10.9 Å². The number of nitrogen functional groups attached to an aromatic ring is 1. The number of rotatable bonds is 3. The van der Waals surface area contributed by atoms with E-state index in [1.165, 1.54) is 9.75 Å². The first-order valence-electron chi connectivity index (χ1n) is 6.28. The van der Waals surface area contributed by atoms with Gasteiger partial charge in [0.25, 0.3) is 0 Å². The Balaban J connectivity index is 2.02. The third kappa shape index (κ3) is 2.27. The molecule has 1 aromatic carbocycles. The van der Waals surface area contributed by atoms with Crippen molar-refractivity contribution in [1.82, 2.24) is 9.78 Å². The second-order valence-corrected chi connectivity index (χ2v) is 5.49. The Morgan fingerprint density at radius 1 is 1.16 bits per heavy atom. The van der Waals surface area contributed by atoms with Gasteiger partial charge in [0.15, 0.2) is 0 Å². The first kappa shape index (κ1) is 12.0. The summed E-state index contributed by atoms with van der Waals surface area (Å²) < 4.78 is 1.78. The van der Waals surface area contributed by atoms with E-state index in [9.17, 15) is 0 Å². The molecule has 0 radical (unpaired) electrons. The molecule has 0 aliphatic rings. The minimum atomic E-state index is 0.660. The maximum absolute atomic E-state index is 6.06. The topological polar surface area (TPSA) is 43.8 Å². The van der Waals surface area contributed by atoms with Crippen LogP contribution in [-0.2, 0) is 6.42 Å². The molecule has 3 nitrogen and oxygen atoms in total. The van der Waals surface area contributed by atoms with E-state index in [0.29, 0.717) is 5.82 Å². The lowest BCUT2D eigenvalue weighted by Crippen LogP contribution is -2.00. The van der Waals surface area contributed by atoms with E-state index in [2.05, 4.69) is 24.2 Å². The molecule has 3 rings (SSSR count). The van der Waals surface area contributed by atoms with Crippen LogP contribution in [0.25, 0.3) is 16.3 Å².